The maximum Gasteiger partial charge on any atom is 0.296 e. The van der Waals surface area contributed by atoms with Gasteiger partial charge < -0.3 is 15.2 Å². The first-order valence-corrected chi connectivity index (χ1v) is 12.2. The van der Waals surface area contributed by atoms with E-state index in [2.05, 4.69) is 30.4 Å². The highest BCUT2D eigenvalue weighted by atomic mass is 35.5. The number of H-pyrrole nitrogens is 1. The topological polar surface area (TPSA) is 116 Å². The zero-order valence-electron chi connectivity index (χ0n) is 20.1. The fourth-order valence-corrected chi connectivity index (χ4v) is 4.20. The van der Waals surface area contributed by atoms with Gasteiger partial charge in [0.25, 0.3) is 5.91 Å². The molecule has 1 aliphatic rings. The lowest BCUT2D eigenvalue weighted by atomic mass is 10.0. The molecule has 9 nitrogen and oxygen atoms in total. The van der Waals surface area contributed by atoms with Gasteiger partial charge in [0.15, 0.2) is 0 Å². The molecule has 0 radical (unpaired) electrons. The molecule has 0 atom stereocenters. The van der Waals surface area contributed by atoms with E-state index in [0.717, 1.165) is 30.6 Å². The second kappa shape index (κ2) is 11.2. The van der Waals surface area contributed by atoms with Crippen molar-refractivity contribution < 1.29 is 14.6 Å². The van der Waals surface area contributed by atoms with Crippen LogP contribution in [-0.2, 0) is 6.54 Å². The summed E-state index contributed by atoms with van der Waals surface area (Å²) in [5.74, 6) is 1.35. The molecule has 1 fully saturated rings. The first-order valence-electron chi connectivity index (χ1n) is 11.8. The lowest BCUT2D eigenvalue weighted by Crippen LogP contribution is -2.19. The lowest BCUT2D eigenvalue weighted by molar-refractivity contribution is 0.0641. The molecule has 10 heteroatoms. The summed E-state index contributed by atoms with van der Waals surface area (Å²) in [7, 11) is 0. The fourth-order valence-electron chi connectivity index (χ4n) is 3.97. The van der Waals surface area contributed by atoms with E-state index in [0.29, 0.717) is 42.0 Å². The molecule has 3 aromatic rings. The van der Waals surface area contributed by atoms with E-state index >= 15 is 0 Å². The summed E-state index contributed by atoms with van der Waals surface area (Å²) in [4.78, 5) is 23.5. The number of nitrogens with zero attached hydrogens (tertiary/aromatic N) is 4. The number of hydrogen-bond donors (Lipinski definition) is 3. The van der Waals surface area contributed by atoms with Gasteiger partial charge >= 0.3 is 0 Å². The minimum Gasteiger partial charge on any atom is -0.494 e. The standard InChI is InChI=1S/C25H31ClN6O3/c1-25(2,34)9-5-13-35-18-6-7-20(26)19(15-18)17-8-10-27-21(14-17)29-24(33)23-28-22(30-31-23)16-32-11-3-4-12-32/h6-8,10,14-15,34H,3-5,9,11-13,16H2,1-2H3,(H,27,29,33)(H,28,30,31). The number of carbonyl (C=O) groups excluding carboxylic acids is 1. The molecule has 2 aromatic heterocycles. The van der Waals surface area contributed by atoms with Gasteiger partial charge in [0.05, 0.1) is 18.8 Å². The van der Waals surface area contributed by atoms with Crippen molar-refractivity contribution in [2.45, 2.75) is 51.7 Å². The van der Waals surface area contributed by atoms with Gasteiger partial charge in [0, 0.05) is 16.8 Å². The Kier molecular flexibility index (Phi) is 8.00. The first kappa shape index (κ1) is 25.1. The molecule has 0 aliphatic carbocycles. The number of pyridine rings is 1. The Morgan fingerprint density at radius 1 is 1.26 bits per heavy atom. The summed E-state index contributed by atoms with van der Waals surface area (Å²) in [6, 6.07) is 9.00. The van der Waals surface area contributed by atoms with Gasteiger partial charge in [0.2, 0.25) is 5.82 Å². The SMILES string of the molecule is CC(C)(O)CCCOc1ccc(Cl)c(-c2ccnc(NC(=O)c3n[nH]c(CN4CCCC4)n3)c2)c1. The van der Waals surface area contributed by atoms with Crippen LogP contribution in [0.2, 0.25) is 5.02 Å². The van der Waals surface area contributed by atoms with Crippen molar-refractivity contribution in [1.82, 2.24) is 25.1 Å². The normalized spacial score (nSPS) is 14.3. The molecule has 1 amide bonds. The molecule has 3 heterocycles. The first-order chi connectivity index (χ1) is 16.8. The van der Waals surface area contributed by atoms with Crippen molar-refractivity contribution in [2.24, 2.45) is 0 Å². The van der Waals surface area contributed by atoms with Crippen molar-refractivity contribution >= 4 is 23.3 Å². The van der Waals surface area contributed by atoms with Crippen LogP contribution in [0.5, 0.6) is 5.75 Å². The van der Waals surface area contributed by atoms with E-state index in [-0.39, 0.29) is 5.82 Å². The molecule has 1 saturated heterocycles. The van der Waals surface area contributed by atoms with Gasteiger partial charge in [-0.2, -0.15) is 0 Å². The largest absolute Gasteiger partial charge is 0.494 e. The minimum atomic E-state index is -0.715. The number of carbonyl (C=O) groups is 1. The Hall–Kier alpha value is -3.01. The molecule has 0 unspecified atom stereocenters. The number of hydrogen-bond acceptors (Lipinski definition) is 7. The molecule has 186 valence electrons. The van der Waals surface area contributed by atoms with Crippen LogP contribution in [0.15, 0.2) is 36.5 Å². The van der Waals surface area contributed by atoms with Crippen LogP contribution >= 0.6 is 11.6 Å². The molecular weight excluding hydrogens is 468 g/mol. The molecular formula is C25H31ClN6O3. The van der Waals surface area contributed by atoms with Crippen LogP contribution in [0, 0.1) is 0 Å². The van der Waals surface area contributed by atoms with E-state index < -0.39 is 11.5 Å². The number of ether oxygens (including phenoxy) is 1. The smallest absolute Gasteiger partial charge is 0.296 e. The van der Waals surface area contributed by atoms with Crippen LogP contribution in [0.4, 0.5) is 5.82 Å². The molecule has 0 spiro atoms. The predicted molar refractivity (Wildman–Crippen MR) is 135 cm³/mol. The number of aromatic nitrogens is 4. The Morgan fingerprint density at radius 3 is 2.83 bits per heavy atom. The van der Waals surface area contributed by atoms with Gasteiger partial charge in [0.1, 0.15) is 17.4 Å². The van der Waals surface area contributed by atoms with Crippen molar-refractivity contribution in [1.29, 1.82) is 0 Å². The highest BCUT2D eigenvalue weighted by Crippen LogP contribution is 2.32. The van der Waals surface area contributed by atoms with Crippen molar-refractivity contribution in [3.63, 3.8) is 0 Å². The van der Waals surface area contributed by atoms with Crippen LogP contribution in [-0.4, -0.2) is 61.4 Å². The quantitative estimate of drug-likeness (QED) is 0.357. The molecule has 0 saturated carbocycles. The number of amides is 1. The molecule has 0 bridgehead atoms. The number of likely N-dealkylation sites (tertiary alicyclic amines) is 1. The average molecular weight is 499 g/mol. The number of rotatable bonds is 10. The third kappa shape index (κ3) is 7.24. The summed E-state index contributed by atoms with van der Waals surface area (Å²) in [5, 5.41) is 20.1. The van der Waals surface area contributed by atoms with Crippen LogP contribution in [0.3, 0.4) is 0 Å². The Balaban J connectivity index is 1.40. The molecule has 1 aromatic carbocycles. The third-order valence-corrected chi connectivity index (χ3v) is 6.09. The van der Waals surface area contributed by atoms with Crippen molar-refractivity contribution in [3.05, 3.63) is 53.2 Å². The van der Waals surface area contributed by atoms with Gasteiger partial charge in [-0.3, -0.25) is 14.8 Å². The maximum absolute atomic E-state index is 12.7. The fraction of sp³-hybridized carbons (Fsp3) is 0.440. The zero-order valence-corrected chi connectivity index (χ0v) is 20.8. The van der Waals surface area contributed by atoms with E-state index in [1.54, 1.807) is 32.2 Å². The summed E-state index contributed by atoms with van der Waals surface area (Å²) in [6.45, 7) is 6.77. The van der Waals surface area contributed by atoms with E-state index in [9.17, 15) is 9.90 Å². The van der Waals surface area contributed by atoms with E-state index in [1.807, 2.05) is 18.2 Å². The number of halogens is 1. The Labute approximate surface area is 209 Å². The van der Waals surface area contributed by atoms with Crippen LogP contribution in [0.25, 0.3) is 11.1 Å². The monoisotopic (exact) mass is 498 g/mol. The summed E-state index contributed by atoms with van der Waals surface area (Å²) in [6.07, 6.45) is 5.35. The molecule has 3 N–H and O–H groups in total. The summed E-state index contributed by atoms with van der Waals surface area (Å²) < 4.78 is 5.84. The van der Waals surface area contributed by atoms with Gasteiger partial charge in [-0.1, -0.05) is 11.6 Å². The van der Waals surface area contributed by atoms with E-state index in [4.69, 9.17) is 16.3 Å². The lowest BCUT2D eigenvalue weighted by Gasteiger charge is -2.17. The number of benzene rings is 1. The zero-order chi connectivity index (χ0) is 24.8. The minimum absolute atomic E-state index is 0.0749. The maximum atomic E-state index is 12.7. The Bertz CT molecular complexity index is 1150. The van der Waals surface area contributed by atoms with Crippen LogP contribution < -0.4 is 10.1 Å². The number of nitrogens with one attached hydrogen (secondary N) is 2. The highest BCUT2D eigenvalue weighted by Gasteiger charge is 2.18. The number of anilines is 1. The van der Waals surface area contributed by atoms with E-state index in [1.165, 1.54) is 12.8 Å². The van der Waals surface area contributed by atoms with Crippen molar-refractivity contribution in [2.75, 3.05) is 25.0 Å². The van der Waals surface area contributed by atoms with Gasteiger partial charge in [-0.15, -0.1) is 5.10 Å². The van der Waals surface area contributed by atoms with Crippen LogP contribution in [0.1, 0.15) is 56.0 Å². The summed E-state index contributed by atoms with van der Waals surface area (Å²) >= 11 is 6.45. The Morgan fingerprint density at radius 2 is 2.06 bits per heavy atom. The number of aromatic amines is 1. The molecule has 35 heavy (non-hydrogen) atoms. The molecule has 4 rings (SSSR count). The third-order valence-electron chi connectivity index (χ3n) is 5.76. The highest BCUT2D eigenvalue weighted by molar-refractivity contribution is 6.33. The second-order valence-electron chi connectivity index (χ2n) is 9.38. The second-order valence-corrected chi connectivity index (χ2v) is 9.79. The molecule has 1 aliphatic heterocycles. The number of aliphatic hydroxyl groups is 1. The predicted octanol–water partition coefficient (Wildman–Crippen LogP) is 4.30. The summed E-state index contributed by atoms with van der Waals surface area (Å²) in [5.41, 5.74) is 0.829. The van der Waals surface area contributed by atoms with Gasteiger partial charge in [-0.25, -0.2) is 9.97 Å². The van der Waals surface area contributed by atoms with Crippen molar-refractivity contribution in [3.8, 4) is 16.9 Å². The van der Waals surface area contributed by atoms with Gasteiger partial charge in [-0.05, 0) is 88.5 Å². The average Bonchev–Trinajstić information content (AvgIpc) is 3.50.